The number of rotatable bonds is 11. The third-order valence-electron chi connectivity index (χ3n) is 16.9. The van der Waals surface area contributed by atoms with Crippen LogP contribution in [0.5, 0.6) is 0 Å². The number of allylic oxidation sites excluding steroid dienone is 1. The second-order valence-electron chi connectivity index (χ2n) is 21.4. The fourth-order valence-electron chi connectivity index (χ4n) is 13.7. The normalized spacial score (nSPS) is 35.6. The molecule has 6 rings (SSSR count). The minimum Gasteiger partial charge on any atom is -0.481 e. The first kappa shape index (κ1) is 42.6. The number of esters is 1. The zero-order valence-corrected chi connectivity index (χ0v) is 36.3. The Kier molecular flexibility index (Phi) is 11.2. The smallest absolute Gasteiger partial charge is 0.309 e. The van der Waals surface area contributed by atoms with E-state index in [1.54, 1.807) is 13.8 Å². The molecule has 0 unspecified atom stereocenters. The van der Waals surface area contributed by atoms with Crippen LogP contribution in [0.25, 0.3) is 0 Å². The first-order chi connectivity index (χ1) is 26.0. The van der Waals surface area contributed by atoms with Crippen molar-refractivity contribution >= 4 is 23.6 Å². The first-order valence-corrected chi connectivity index (χ1v) is 21.7. The maximum Gasteiger partial charge on any atom is 0.309 e. The molecule has 5 aliphatic rings. The molecule has 8 nitrogen and oxygen atoms in total. The van der Waals surface area contributed by atoms with Crippen LogP contribution >= 0.6 is 0 Å². The minimum absolute atomic E-state index is 0.00291. The van der Waals surface area contributed by atoms with Gasteiger partial charge in [0.2, 0.25) is 5.91 Å². The SMILES string of the molecule is CC(C)C(=O)N(Cc1ccccc1)C[C@H](O)[C@@]12CC[C@]3(C)[C@H](CC[C@@H]4[C@@]5(C)CC[C@H](OC(=O)CC(C)(C)C(=O)O)C(C)(C)[C@@H]5CC[C@]43C)C1=C(C(C)C)C(=O)C2. The molecule has 0 aliphatic heterocycles. The summed E-state index contributed by atoms with van der Waals surface area (Å²) in [6.07, 6.45) is 6.47. The molecule has 0 heterocycles. The number of carboxylic acid groups (broad SMARTS) is 1. The summed E-state index contributed by atoms with van der Waals surface area (Å²) in [5, 5.41) is 22.2. The molecule has 4 fully saturated rings. The summed E-state index contributed by atoms with van der Waals surface area (Å²) in [7, 11) is 0. The first-order valence-electron chi connectivity index (χ1n) is 21.7. The monoisotopic (exact) mass is 774 g/mol. The Balaban J connectivity index is 1.30. The van der Waals surface area contributed by atoms with Crippen LogP contribution in [0.1, 0.15) is 146 Å². The lowest BCUT2D eigenvalue weighted by Gasteiger charge is -2.72. The summed E-state index contributed by atoms with van der Waals surface area (Å²) < 4.78 is 6.18. The van der Waals surface area contributed by atoms with Crippen molar-refractivity contribution in [2.24, 2.45) is 62.1 Å². The van der Waals surface area contributed by atoms with E-state index in [1.165, 1.54) is 5.57 Å². The molecule has 56 heavy (non-hydrogen) atoms. The zero-order chi connectivity index (χ0) is 41.4. The molecule has 310 valence electrons. The van der Waals surface area contributed by atoms with Gasteiger partial charge in [-0.1, -0.05) is 98.2 Å². The summed E-state index contributed by atoms with van der Waals surface area (Å²) in [5.74, 6) is -0.466. The van der Waals surface area contributed by atoms with E-state index in [2.05, 4.69) is 48.5 Å². The van der Waals surface area contributed by atoms with E-state index < -0.39 is 28.9 Å². The fraction of sp³-hybridized carbons (Fsp3) is 0.750. The van der Waals surface area contributed by atoms with Crippen LogP contribution < -0.4 is 0 Å². The van der Waals surface area contributed by atoms with Crippen molar-refractivity contribution in [2.45, 2.75) is 159 Å². The third kappa shape index (κ3) is 6.70. The van der Waals surface area contributed by atoms with E-state index in [1.807, 2.05) is 49.1 Å². The van der Waals surface area contributed by atoms with Gasteiger partial charge in [0.1, 0.15) is 6.10 Å². The predicted molar refractivity (Wildman–Crippen MR) is 218 cm³/mol. The number of Topliss-reactive ketones (excluding diaryl/α,β-unsaturated/α-hetero) is 1. The quantitative estimate of drug-likeness (QED) is 0.215. The third-order valence-corrected chi connectivity index (χ3v) is 16.9. The molecular weight excluding hydrogens is 703 g/mol. The lowest BCUT2D eigenvalue weighted by atomic mass is 9.33. The fourth-order valence-corrected chi connectivity index (χ4v) is 13.7. The van der Waals surface area contributed by atoms with Gasteiger partial charge < -0.3 is 19.8 Å². The molecule has 0 bridgehead atoms. The van der Waals surface area contributed by atoms with E-state index in [-0.39, 0.29) is 70.2 Å². The Labute approximate surface area is 336 Å². The van der Waals surface area contributed by atoms with E-state index >= 15 is 0 Å². The molecule has 4 saturated carbocycles. The number of carbonyl (C=O) groups excluding carboxylic acids is 3. The highest BCUT2D eigenvalue weighted by atomic mass is 16.5. The largest absolute Gasteiger partial charge is 0.481 e. The van der Waals surface area contributed by atoms with Crippen molar-refractivity contribution in [3.05, 3.63) is 47.0 Å². The standard InChI is InChI=1S/C48H71NO7/c1-29(2)39-33(50)25-48(36(51)28-49(41(53)30(3)4)27-31-15-13-12-14-16-31)24-23-46(10)32(40(39)48)17-18-35-45(9)21-20-37(56-38(52)26-43(5,6)42(54)55)44(7,8)34(45)19-22-47(35,46)11/h12-16,29-30,32,34-37,51H,17-28H2,1-11H3,(H,54,55)/t32-,34+,35-,36+,37+,45+,46-,47-,48+/m1/s1. The zero-order valence-electron chi connectivity index (χ0n) is 36.3. The Bertz CT molecular complexity index is 1740. The van der Waals surface area contributed by atoms with Crippen LogP contribution in [0.2, 0.25) is 0 Å². The van der Waals surface area contributed by atoms with Gasteiger partial charge in [0.25, 0.3) is 0 Å². The summed E-state index contributed by atoms with van der Waals surface area (Å²) in [5.41, 5.74) is 0.970. The van der Waals surface area contributed by atoms with Crippen molar-refractivity contribution in [2.75, 3.05) is 6.54 Å². The Morgan fingerprint density at radius 2 is 1.54 bits per heavy atom. The highest BCUT2D eigenvalue weighted by Gasteiger charge is 2.71. The van der Waals surface area contributed by atoms with Crippen molar-refractivity contribution in [1.82, 2.24) is 4.90 Å². The average Bonchev–Trinajstić information content (AvgIpc) is 3.42. The molecule has 0 radical (unpaired) electrons. The van der Waals surface area contributed by atoms with Gasteiger partial charge >= 0.3 is 11.9 Å². The van der Waals surface area contributed by atoms with Crippen molar-refractivity contribution in [1.29, 1.82) is 0 Å². The Morgan fingerprint density at radius 3 is 2.14 bits per heavy atom. The van der Waals surface area contributed by atoms with Gasteiger partial charge in [-0.25, -0.2) is 0 Å². The number of ketones is 1. The van der Waals surface area contributed by atoms with Gasteiger partial charge in [-0.3, -0.25) is 19.2 Å². The Morgan fingerprint density at radius 1 is 0.875 bits per heavy atom. The van der Waals surface area contributed by atoms with Gasteiger partial charge in [0.05, 0.1) is 17.9 Å². The number of nitrogens with zero attached hydrogens (tertiary/aromatic N) is 1. The molecule has 5 aliphatic carbocycles. The number of aliphatic carboxylic acids is 1. The molecular formula is C48H71NO7. The number of carbonyl (C=O) groups is 4. The van der Waals surface area contributed by atoms with E-state index in [0.717, 1.165) is 62.5 Å². The molecule has 9 atom stereocenters. The van der Waals surface area contributed by atoms with E-state index in [4.69, 9.17) is 4.74 Å². The molecule has 0 aromatic heterocycles. The predicted octanol–water partition coefficient (Wildman–Crippen LogP) is 9.43. The highest BCUT2D eigenvalue weighted by Crippen LogP contribution is 2.77. The number of benzene rings is 1. The lowest BCUT2D eigenvalue weighted by molar-refractivity contribution is -0.235. The number of amides is 1. The minimum atomic E-state index is -1.18. The summed E-state index contributed by atoms with van der Waals surface area (Å²) >= 11 is 0. The molecule has 0 saturated heterocycles. The maximum atomic E-state index is 14.3. The number of fused-ring (bicyclic) bond motifs is 7. The average molecular weight is 774 g/mol. The molecule has 1 aromatic rings. The second-order valence-corrected chi connectivity index (χ2v) is 21.4. The van der Waals surface area contributed by atoms with Crippen LogP contribution in [0, 0.1) is 62.1 Å². The molecule has 2 N–H and O–H groups in total. The molecule has 1 amide bonds. The Hall–Kier alpha value is -3.00. The van der Waals surface area contributed by atoms with Crippen LogP contribution in [-0.4, -0.2) is 57.5 Å². The number of hydrogen-bond donors (Lipinski definition) is 2. The van der Waals surface area contributed by atoms with Crippen molar-refractivity contribution in [3.8, 4) is 0 Å². The van der Waals surface area contributed by atoms with Crippen molar-refractivity contribution in [3.63, 3.8) is 0 Å². The van der Waals surface area contributed by atoms with Crippen LogP contribution in [0.15, 0.2) is 41.5 Å². The van der Waals surface area contributed by atoms with Gasteiger partial charge in [0.15, 0.2) is 5.78 Å². The van der Waals surface area contributed by atoms with E-state index in [0.29, 0.717) is 24.8 Å². The van der Waals surface area contributed by atoms with Gasteiger partial charge in [-0.15, -0.1) is 0 Å². The topological polar surface area (TPSA) is 121 Å². The van der Waals surface area contributed by atoms with Crippen LogP contribution in [0.4, 0.5) is 0 Å². The second kappa shape index (κ2) is 14.7. The van der Waals surface area contributed by atoms with Gasteiger partial charge in [-0.05, 0) is 116 Å². The van der Waals surface area contributed by atoms with Crippen molar-refractivity contribution < 1.29 is 34.1 Å². The van der Waals surface area contributed by atoms with Gasteiger partial charge in [-0.2, -0.15) is 0 Å². The number of carboxylic acids is 1. The number of aliphatic hydroxyl groups is 1. The number of ether oxygens (including phenoxy) is 1. The summed E-state index contributed by atoms with van der Waals surface area (Å²) in [6, 6.07) is 9.98. The van der Waals surface area contributed by atoms with E-state index in [9.17, 15) is 29.4 Å². The molecule has 8 heteroatoms. The molecule has 0 spiro atoms. The number of hydrogen-bond acceptors (Lipinski definition) is 6. The highest BCUT2D eigenvalue weighted by molar-refractivity contribution is 6.00. The van der Waals surface area contributed by atoms with Gasteiger partial charge in [0, 0.05) is 36.3 Å². The maximum absolute atomic E-state index is 14.3. The summed E-state index contributed by atoms with van der Waals surface area (Å²) in [6.45, 7) is 23.9. The molecule has 1 aromatic carbocycles. The lowest BCUT2D eigenvalue weighted by Crippen LogP contribution is -2.66. The van der Waals surface area contributed by atoms with Crippen LogP contribution in [0.3, 0.4) is 0 Å². The number of aliphatic hydroxyl groups excluding tert-OH is 1. The van der Waals surface area contributed by atoms with Crippen LogP contribution in [-0.2, 0) is 30.5 Å². The summed E-state index contributed by atoms with van der Waals surface area (Å²) in [4.78, 5) is 54.7.